The van der Waals surface area contributed by atoms with Gasteiger partial charge in [-0.2, -0.15) is 0 Å². The number of ether oxygens (including phenoxy) is 2. The van der Waals surface area contributed by atoms with Crippen molar-refractivity contribution in [2.24, 2.45) is 0 Å². The van der Waals surface area contributed by atoms with Crippen LogP contribution in [0.3, 0.4) is 0 Å². The first kappa shape index (κ1) is 17.9. The van der Waals surface area contributed by atoms with Crippen molar-refractivity contribution in [3.63, 3.8) is 0 Å². The van der Waals surface area contributed by atoms with E-state index >= 15 is 0 Å². The number of nitrogens with zero attached hydrogens (tertiary/aromatic N) is 2. The molecule has 27 heavy (non-hydrogen) atoms. The van der Waals surface area contributed by atoms with Crippen molar-refractivity contribution in [2.45, 2.75) is 6.10 Å². The summed E-state index contributed by atoms with van der Waals surface area (Å²) < 4.78 is 12.3. The van der Waals surface area contributed by atoms with Gasteiger partial charge in [-0.3, -0.25) is 0 Å². The highest BCUT2D eigenvalue weighted by Gasteiger charge is 2.22. The second-order valence-electron chi connectivity index (χ2n) is 6.47. The van der Waals surface area contributed by atoms with Crippen LogP contribution in [-0.2, 0) is 9.47 Å². The molecule has 0 radical (unpaired) electrons. The van der Waals surface area contributed by atoms with E-state index in [9.17, 15) is 9.90 Å². The normalized spacial score (nSPS) is 17.1. The second kappa shape index (κ2) is 7.64. The summed E-state index contributed by atoms with van der Waals surface area (Å²) in [5.41, 5.74) is 1.96. The predicted molar refractivity (Wildman–Crippen MR) is 106 cm³/mol. The monoisotopic (exact) mass is 384 g/mol. The van der Waals surface area contributed by atoms with Crippen LogP contribution in [0.4, 0.5) is 5.82 Å². The number of rotatable bonds is 5. The number of fused-ring (bicyclic) bond motifs is 1. The maximum atomic E-state index is 11.7. The smallest absolute Gasteiger partial charge is 0.339 e. The van der Waals surface area contributed by atoms with Gasteiger partial charge in [0.2, 0.25) is 0 Å². The Kier molecular flexibility index (Phi) is 5.07. The third-order valence-electron chi connectivity index (χ3n) is 4.59. The van der Waals surface area contributed by atoms with Crippen LogP contribution in [0.25, 0.3) is 21.3 Å². The van der Waals surface area contributed by atoms with Crippen LogP contribution in [0, 0.1) is 0 Å². The highest BCUT2D eigenvalue weighted by atomic mass is 32.1. The summed E-state index contributed by atoms with van der Waals surface area (Å²) >= 11 is 1.66. The van der Waals surface area contributed by atoms with Crippen molar-refractivity contribution >= 4 is 33.2 Å². The van der Waals surface area contributed by atoms with Gasteiger partial charge in [-0.1, -0.05) is 18.2 Å². The molecule has 0 amide bonds. The van der Waals surface area contributed by atoms with E-state index in [4.69, 9.17) is 14.5 Å². The number of benzene rings is 1. The SMILES string of the molecule is CN(CC1COCCO1)c1nc(-c2csc3ccccc23)ccc1C(=O)O. The summed E-state index contributed by atoms with van der Waals surface area (Å²) in [6.45, 7) is 2.17. The second-order valence-corrected chi connectivity index (χ2v) is 7.38. The molecule has 1 N–H and O–H groups in total. The quantitative estimate of drug-likeness (QED) is 0.726. The molecule has 1 unspecified atom stereocenters. The fraction of sp³-hybridized carbons (Fsp3) is 0.300. The first-order chi connectivity index (χ1) is 13.1. The Balaban J connectivity index is 1.70. The van der Waals surface area contributed by atoms with E-state index in [2.05, 4.69) is 17.5 Å². The van der Waals surface area contributed by atoms with Gasteiger partial charge in [0, 0.05) is 34.6 Å². The zero-order valence-corrected chi connectivity index (χ0v) is 15.7. The van der Waals surface area contributed by atoms with Gasteiger partial charge in [0.1, 0.15) is 11.4 Å². The summed E-state index contributed by atoms with van der Waals surface area (Å²) in [6, 6.07) is 11.5. The van der Waals surface area contributed by atoms with E-state index in [1.807, 2.05) is 24.1 Å². The highest BCUT2D eigenvalue weighted by Crippen LogP contribution is 2.34. The number of likely N-dealkylation sites (N-methyl/N-ethyl adjacent to an activating group) is 1. The van der Waals surface area contributed by atoms with Gasteiger partial charge in [0.25, 0.3) is 0 Å². The number of aromatic carboxylic acids is 1. The van der Waals surface area contributed by atoms with Gasteiger partial charge in [-0.15, -0.1) is 11.3 Å². The van der Waals surface area contributed by atoms with Crippen molar-refractivity contribution in [1.29, 1.82) is 0 Å². The number of hydrogen-bond donors (Lipinski definition) is 1. The summed E-state index contributed by atoms with van der Waals surface area (Å²) in [7, 11) is 1.84. The van der Waals surface area contributed by atoms with Crippen LogP contribution < -0.4 is 4.90 Å². The van der Waals surface area contributed by atoms with E-state index in [-0.39, 0.29) is 11.7 Å². The Labute approximate surface area is 161 Å². The number of pyridine rings is 1. The fourth-order valence-electron chi connectivity index (χ4n) is 3.27. The number of aromatic nitrogens is 1. The largest absolute Gasteiger partial charge is 0.478 e. The van der Waals surface area contributed by atoms with Gasteiger partial charge in [0.15, 0.2) is 0 Å². The third kappa shape index (κ3) is 3.66. The van der Waals surface area contributed by atoms with E-state index in [0.717, 1.165) is 16.6 Å². The highest BCUT2D eigenvalue weighted by molar-refractivity contribution is 7.17. The summed E-state index contributed by atoms with van der Waals surface area (Å²) in [4.78, 5) is 18.2. The van der Waals surface area contributed by atoms with Crippen LogP contribution in [0.2, 0.25) is 0 Å². The minimum atomic E-state index is -0.994. The molecule has 0 aliphatic carbocycles. The van der Waals surface area contributed by atoms with E-state index in [0.29, 0.717) is 32.2 Å². The van der Waals surface area contributed by atoms with Crippen LogP contribution in [0.15, 0.2) is 41.8 Å². The lowest BCUT2D eigenvalue weighted by atomic mass is 10.1. The van der Waals surface area contributed by atoms with Crippen molar-refractivity contribution in [2.75, 3.05) is 38.3 Å². The molecule has 0 spiro atoms. The van der Waals surface area contributed by atoms with Gasteiger partial charge in [0.05, 0.1) is 31.6 Å². The lowest BCUT2D eigenvalue weighted by Crippen LogP contribution is -2.39. The Hall–Kier alpha value is -2.48. The van der Waals surface area contributed by atoms with E-state index in [1.165, 1.54) is 4.70 Å². The zero-order chi connectivity index (χ0) is 18.8. The van der Waals surface area contributed by atoms with E-state index < -0.39 is 5.97 Å². The van der Waals surface area contributed by atoms with Crippen molar-refractivity contribution < 1.29 is 19.4 Å². The predicted octanol–water partition coefficient (Wildman–Crippen LogP) is 3.51. The first-order valence-electron chi connectivity index (χ1n) is 8.75. The molecule has 3 aromatic rings. The van der Waals surface area contributed by atoms with E-state index in [1.54, 1.807) is 23.5 Å². The number of hydrogen-bond acceptors (Lipinski definition) is 6. The molecule has 6 nitrogen and oxygen atoms in total. The molecule has 7 heteroatoms. The molecule has 1 saturated heterocycles. The Morgan fingerprint density at radius 2 is 2.15 bits per heavy atom. The van der Waals surface area contributed by atoms with Crippen LogP contribution in [0.1, 0.15) is 10.4 Å². The van der Waals surface area contributed by atoms with Gasteiger partial charge in [-0.25, -0.2) is 9.78 Å². The number of anilines is 1. The van der Waals surface area contributed by atoms with Gasteiger partial charge >= 0.3 is 5.97 Å². The number of carboxylic acids is 1. The maximum absolute atomic E-state index is 11.7. The molecule has 0 saturated carbocycles. The topological polar surface area (TPSA) is 71.9 Å². The number of thiophene rings is 1. The molecular formula is C20H20N2O4S. The molecule has 3 heterocycles. The van der Waals surface area contributed by atoms with Crippen LogP contribution in [-0.4, -0.2) is 55.6 Å². The molecule has 2 aromatic heterocycles. The molecule has 1 aliphatic rings. The average Bonchev–Trinajstić information content (AvgIpc) is 3.12. The molecule has 4 rings (SSSR count). The molecule has 1 aliphatic heterocycles. The number of carbonyl (C=O) groups is 1. The lowest BCUT2D eigenvalue weighted by Gasteiger charge is -2.28. The molecular weight excluding hydrogens is 364 g/mol. The standard InChI is InChI=1S/C20H20N2O4S/c1-22(10-13-11-25-8-9-26-13)19-15(20(23)24)6-7-17(21-19)16-12-27-18-5-3-2-4-14(16)18/h2-7,12-13H,8-11H2,1H3,(H,23,24). The molecule has 1 aromatic carbocycles. The summed E-state index contributed by atoms with van der Waals surface area (Å²) in [5.74, 6) is -0.559. The van der Waals surface area contributed by atoms with Gasteiger partial charge in [-0.05, 0) is 18.2 Å². The average molecular weight is 384 g/mol. The molecule has 1 atom stereocenters. The molecule has 140 valence electrons. The maximum Gasteiger partial charge on any atom is 0.339 e. The van der Waals surface area contributed by atoms with Crippen molar-refractivity contribution in [3.8, 4) is 11.3 Å². The minimum Gasteiger partial charge on any atom is -0.478 e. The molecule has 1 fully saturated rings. The third-order valence-corrected chi connectivity index (χ3v) is 5.55. The van der Waals surface area contributed by atoms with Crippen LogP contribution in [0.5, 0.6) is 0 Å². The Morgan fingerprint density at radius 3 is 2.93 bits per heavy atom. The van der Waals surface area contributed by atoms with Crippen molar-refractivity contribution in [1.82, 2.24) is 4.98 Å². The number of carboxylic acid groups (broad SMARTS) is 1. The lowest BCUT2D eigenvalue weighted by molar-refractivity contribution is -0.0837. The van der Waals surface area contributed by atoms with Gasteiger partial charge < -0.3 is 19.5 Å². The first-order valence-corrected chi connectivity index (χ1v) is 9.63. The summed E-state index contributed by atoms with van der Waals surface area (Å²) in [5, 5.41) is 12.8. The Bertz CT molecular complexity index is 966. The summed E-state index contributed by atoms with van der Waals surface area (Å²) in [6.07, 6.45) is -0.0992. The van der Waals surface area contributed by atoms with Crippen molar-refractivity contribution in [3.05, 3.63) is 47.3 Å². The minimum absolute atomic E-state index is 0.0992. The fourth-order valence-corrected chi connectivity index (χ4v) is 4.22. The zero-order valence-electron chi connectivity index (χ0n) is 14.9. The Morgan fingerprint density at radius 1 is 1.30 bits per heavy atom. The van der Waals surface area contributed by atoms with Crippen LogP contribution >= 0.6 is 11.3 Å². The molecule has 0 bridgehead atoms.